The van der Waals surface area contributed by atoms with Crippen LogP contribution in [0, 0.1) is 5.92 Å². The molecular formula is C17H34N6. The van der Waals surface area contributed by atoms with Crippen molar-refractivity contribution in [2.75, 3.05) is 85.6 Å². The van der Waals surface area contributed by atoms with E-state index in [9.17, 15) is 0 Å². The Labute approximate surface area is 141 Å². The van der Waals surface area contributed by atoms with Gasteiger partial charge in [0.2, 0.25) is 0 Å². The molecule has 3 saturated heterocycles. The first-order chi connectivity index (χ1) is 11.3. The number of hydrazine groups is 1. The molecule has 3 aliphatic heterocycles. The first kappa shape index (κ1) is 16.2. The summed E-state index contributed by atoms with van der Waals surface area (Å²) in [4.78, 5) is 7.94. The summed E-state index contributed by atoms with van der Waals surface area (Å²) in [7, 11) is 2.25. The largest absolute Gasteiger partial charge is 0.314 e. The second-order valence-corrected chi connectivity index (χ2v) is 7.89. The maximum Gasteiger partial charge on any atom is 0.0890 e. The molecule has 0 aromatic carbocycles. The van der Waals surface area contributed by atoms with E-state index in [0.29, 0.717) is 6.17 Å². The van der Waals surface area contributed by atoms with E-state index < -0.39 is 0 Å². The van der Waals surface area contributed by atoms with Crippen LogP contribution in [-0.4, -0.2) is 116 Å². The summed E-state index contributed by atoms with van der Waals surface area (Å²) >= 11 is 0. The lowest BCUT2D eigenvalue weighted by molar-refractivity contribution is -0.159. The van der Waals surface area contributed by atoms with Gasteiger partial charge in [0.05, 0.1) is 6.17 Å². The summed E-state index contributed by atoms with van der Waals surface area (Å²) in [5.41, 5.74) is 0. The van der Waals surface area contributed by atoms with Crippen molar-refractivity contribution in [3.05, 3.63) is 0 Å². The molecule has 1 atom stereocenters. The molecule has 0 radical (unpaired) electrons. The first-order valence-electron chi connectivity index (χ1n) is 9.67. The summed E-state index contributed by atoms with van der Waals surface area (Å²) in [5, 5.41) is 8.89. The van der Waals surface area contributed by atoms with Crippen molar-refractivity contribution >= 4 is 0 Å². The Morgan fingerprint density at radius 3 is 2.30 bits per heavy atom. The lowest BCUT2D eigenvalue weighted by Crippen LogP contribution is -2.68. The Morgan fingerprint density at radius 1 is 0.870 bits per heavy atom. The zero-order valence-electron chi connectivity index (χ0n) is 14.8. The van der Waals surface area contributed by atoms with Crippen molar-refractivity contribution in [2.24, 2.45) is 5.92 Å². The van der Waals surface area contributed by atoms with Crippen molar-refractivity contribution in [3.63, 3.8) is 0 Å². The molecule has 0 amide bonds. The van der Waals surface area contributed by atoms with Crippen LogP contribution in [0.5, 0.6) is 0 Å². The quantitative estimate of drug-likeness (QED) is 0.744. The predicted octanol–water partition coefficient (Wildman–Crippen LogP) is -0.592. The molecule has 0 bridgehead atoms. The van der Waals surface area contributed by atoms with Crippen molar-refractivity contribution in [3.8, 4) is 0 Å². The molecule has 6 nitrogen and oxygen atoms in total. The van der Waals surface area contributed by atoms with Gasteiger partial charge in [-0.25, -0.2) is 10.0 Å². The van der Waals surface area contributed by atoms with Crippen LogP contribution in [0.25, 0.3) is 0 Å². The second kappa shape index (κ2) is 7.33. The number of hydrogen-bond acceptors (Lipinski definition) is 6. The number of nitrogens with zero attached hydrogens (tertiary/aromatic N) is 5. The molecular weight excluding hydrogens is 288 g/mol. The van der Waals surface area contributed by atoms with Crippen LogP contribution in [0.3, 0.4) is 0 Å². The molecule has 3 heterocycles. The third-order valence-corrected chi connectivity index (χ3v) is 6.04. The van der Waals surface area contributed by atoms with E-state index in [1.54, 1.807) is 0 Å². The zero-order chi connectivity index (χ0) is 15.6. The van der Waals surface area contributed by atoms with Crippen molar-refractivity contribution in [1.82, 2.24) is 30.0 Å². The molecule has 4 fully saturated rings. The van der Waals surface area contributed by atoms with Gasteiger partial charge in [-0.3, -0.25) is 9.80 Å². The molecule has 4 rings (SSSR count). The lowest BCUT2D eigenvalue weighted by Gasteiger charge is -2.52. The van der Waals surface area contributed by atoms with Crippen LogP contribution in [0.2, 0.25) is 0 Å². The standard InChI is InChI=1S/C17H34N6/c1-19-8-11-22(12-9-19)23-13-10-20(14-16-2-3-16)15-17(23)21-6-4-18-5-7-21/h16-18H,2-15H2,1H3. The summed E-state index contributed by atoms with van der Waals surface area (Å²) in [5.74, 6) is 1.01. The van der Waals surface area contributed by atoms with Gasteiger partial charge in [0.15, 0.2) is 0 Å². The van der Waals surface area contributed by atoms with Gasteiger partial charge in [-0.2, -0.15) is 0 Å². The number of nitrogens with one attached hydrogen (secondary N) is 1. The Kier molecular flexibility index (Phi) is 5.18. The molecule has 4 aliphatic rings. The van der Waals surface area contributed by atoms with Gasteiger partial charge in [0.1, 0.15) is 0 Å². The topological polar surface area (TPSA) is 28.2 Å². The summed E-state index contributed by atoms with van der Waals surface area (Å²) < 4.78 is 0. The molecule has 6 heteroatoms. The fourth-order valence-corrected chi connectivity index (χ4v) is 4.31. The highest BCUT2D eigenvalue weighted by molar-refractivity contribution is 4.87. The van der Waals surface area contributed by atoms with Gasteiger partial charge in [0, 0.05) is 78.5 Å². The zero-order valence-corrected chi connectivity index (χ0v) is 14.8. The van der Waals surface area contributed by atoms with E-state index in [1.807, 2.05) is 0 Å². The first-order valence-corrected chi connectivity index (χ1v) is 9.67. The smallest absolute Gasteiger partial charge is 0.0890 e. The van der Waals surface area contributed by atoms with Crippen molar-refractivity contribution < 1.29 is 0 Å². The summed E-state index contributed by atoms with van der Waals surface area (Å²) in [6.07, 6.45) is 3.53. The Balaban J connectivity index is 1.42. The maximum absolute atomic E-state index is 3.51. The lowest BCUT2D eigenvalue weighted by atomic mass is 10.2. The van der Waals surface area contributed by atoms with Gasteiger partial charge in [0.25, 0.3) is 0 Å². The van der Waals surface area contributed by atoms with E-state index in [2.05, 4.69) is 37.1 Å². The maximum atomic E-state index is 3.51. The monoisotopic (exact) mass is 322 g/mol. The van der Waals surface area contributed by atoms with E-state index in [1.165, 1.54) is 78.3 Å². The summed E-state index contributed by atoms with van der Waals surface area (Å²) in [6, 6.07) is 0. The molecule has 1 N–H and O–H groups in total. The summed E-state index contributed by atoms with van der Waals surface area (Å²) in [6.45, 7) is 14.6. The van der Waals surface area contributed by atoms with Crippen LogP contribution in [-0.2, 0) is 0 Å². The van der Waals surface area contributed by atoms with E-state index in [-0.39, 0.29) is 0 Å². The van der Waals surface area contributed by atoms with E-state index in [4.69, 9.17) is 0 Å². The van der Waals surface area contributed by atoms with Crippen LogP contribution in [0.1, 0.15) is 12.8 Å². The average molecular weight is 323 g/mol. The Morgan fingerprint density at radius 2 is 1.61 bits per heavy atom. The molecule has 0 aromatic heterocycles. The molecule has 1 saturated carbocycles. The van der Waals surface area contributed by atoms with Crippen LogP contribution in [0.15, 0.2) is 0 Å². The van der Waals surface area contributed by atoms with Crippen LogP contribution < -0.4 is 5.32 Å². The van der Waals surface area contributed by atoms with Gasteiger partial charge in [-0.05, 0) is 25.8 Å². The number of rotatable bonds is 4. The third-order valence-electron chi connectivity index (χ3n) is 6.04. The minimum atomic E-state index is 0.591. The highest BCUT2D eigenvalue weighted by Crippen LogP contribution is 2.31. The highest BCUT2D eigenvalue weighted by Gasteiger charge is 2.37. The minimum absolute atomic E-state index is 0.591. The van der Waals surface area contributed by atoms with Gasteiger partial charge in [-0.1, -0.05) is 0 Å². The Hall–Kier alpha value is -0.240. The fraction of sp³-hybridized carbons (Fsp3) is 1.00. The predicted molar refractivity (Wildman–Crippen MR) is 93.2 cm³/mol. The van der Waals surface area contributed by atoms with E-state index >= 15 is 0 Å². The molecule has 1 aliphatic carbocycles. The van der Waals surface area contributed by atoms with Crippen molar-refractivity contribution in [2.45, 2.75) is 19.0 Å². The van der Waals surface area contributed by atoms with Gasteiger partial charge >= 0.3 is 0 Å². The van der Waals surface area contributed by atoms with Gasteiger partial charge < -0.3 is 10.2 Å². The van der Waals surface area contributed by atoms with E-state index in [0.717, 1.165) is 19.0 Å². The Bertz CT molecular complexity index is 373. The molecule has 23 heavy (non-hydrogen) atoms. The van der Waals surface area contributed by atoms with Crippen LogP contribution in [0.4, 0.5) is 0 Å². The molecule has 1 unspecified atom stereocenters. The minimum Gasteiger partial charge on any atom is -0.314 e. The molecule has 0 spiro atoms. The average Bonchev–Trinajstić information content (AvgIpc) is 3.41. The number of likely N-dealkylation sites (N-methyl/N-ethyl adjacent to an activating group) is 1. The third kappa shape index (κ3) is 4.06. The fourth-order valence-electron chi connectivity index (χ4n) is 4.31. The molecule has 132 valence electrons. The number of hydrogen-bond donors (Lipinski definition) is 1. The second-order valence-electron chi connectivity index (χ2n) is 7.89. The van der Waals surface area contributed by atoms with Crippen LogP contribution >= 0.6 is 0 Å². The number of piperazine rings is 3. The highest BCUT2D eigenvalue weighted by atomic mass is 15.7. The van der Waals surface area contributed by atoms with Gasteiger partial charge in [-0.15, -0.1) is 0 Å². The normalized spacial score (nSPS) is 34.0. The SMILES string of the molecule is CN1CCN(N2CCN(CC3CC3)CC2N2CCNCC2)CC1. The molecule has 0 aromatic rings. The van der Waals surface area contributed by atoms with Crippen molar-refractivity contribution in [1.29, 1.82) is 0 Å².